The monoisotopic (exact) mass is 440 g/mol. The Kier molecular flexibility index (Phi) is 13.4. The molecule has 0 spiro atoms. The quantitative estimate of drug-likeness (QED) is 0.117. The fraction of sp³-hybridized carbons (Fsp3) is 0.536. The van der Waals surface area contributed by atoms with Crippen LogP contribution in [-0.2, 0) is 25.6 Å². The van der Waals surface area contributed by atoms with Crippen LogP contribution in [0.5, 0.6) is 0 Å². The van der Waals surface area contributed by atoms with Gasteiger partial charge in [-0.15, -0.1) is 0 Å². The second-order valence-corrected chi connectivity index (χ2v) is 8.21. The van der Waals surface area contributed by atoms with E-state index < -0.39 is 0 Å². The van der Waals surface area contributed by atoms with E-state index in [1.807, 2.05) is 18.2 Å². The minimum absolute atomic E-state index is 0.0404. The van der Waals surface area contributed by atoms with Crippen molar-refractivity contribution in [2.75, 3.05) is 7.11 Å². The molecule has 1 saturated heterocycles. The molecule has 0 aliphatic carbocycles. The molecule has 176 valence electrons. The van der Waals surface area contributed by atoms with Gasteiger partial charge in [0.1, 0.15) is 12.2 Å². The second-order valence-electron chi connectivity index (χ2n) is 8.21. The molecule has 0 amide bonds. The van der Waals surface area contributed by atoms with Crippen LogP contribution in [0, 0.1) is 0 Å². The Labute approximate surface area is 194 Å². The maximum Gasteiger partial charge on any atom is 0.305 e. The van der Waals surface area contributed by atoms with Crippen LogP contribution in [0.1, 0.15) is 70.3 Å². The van der Waals surface area contributed by atoms with Crippen molar-refractivity contribution < 1.29 is 19.0 Å². The third-order valence-electron chi connectivity index (χ3n) is 5.48. The van der Waals surface area contributed by atoms with E-state index in [1.165, 1.54) is 31.9 Å². The fourth-order valence-electron chi connectivity index (χ4n) is 3.49. The summed E-state index contributed by atoms with van der Waals surface area (Å²) in [5.74, 6) is -0.147. The van der Waals surface area contributed by atoms with Gasteiger partial charge in [0.15, 0.2) is 0 Å². The van der Waals surface area contributed by atoms with Crippen molar-refractivity contribution in [3.8, 4) is 0 Å². The molecular weight excluding hydrogens is 400 g/mol. The lowest BCUT2D eigenvalue weighted by Gasteiger charge is -2.12. The van der Waals surface area contributed by atoms with E-state index in [4.69, 9.17) is 9.47 Å². The van der Waals surface area contributed by atoms with E-state index >= 15 is 0 Å². The average Bonchev–Trinajstić information content (AvgIpc) is 3.59. The lowest BCUT2D eigenvalue weighted by Crippen LogP contribution is -2.19. The molecule has 0 saturated carbocycles. The van der Waals surface area contributed by atoms with Gasteiger partial charge in [-0.25, -0.2) is 0 Å². The topological polar surface area (TPSA) is 48.1 Å². The fourth-order valence-corrected chi connectivity index (χ4v) is 3.49. The van der Waals surface area contributed by atoms with Crippen LogP contribution in [0.4, 0.5) is 0 Å². The van der Waals surface area contributed by atoms with E-state index in [0.29, 0.717) is 13.0 Å². The number of allylic oxidation sites excluding steroid dienone is 4. The number of rotatable bonds is 17. The van der Waals surface area contributed by atoms with Crippen molar-refractivity contribution in [3.05, 3.63) is 72.4 Å². The number of carbonyl (C=O) groups excluding carboxylic acids is 1. The predicted molar refractivity (Wildman–Crippen MR) is 130 cm³/mol. The molecule has 0 unspecified atom stereocenters. The summed E-state index contributed by atoms with van der Waals surface area (Å²) in [6.07, 6.45) is 22.4. The first-order valence-corrected chi connectivity index (χ1v) is 12.1. The minimum atomic E-state index is -0.147. The lowest BCUT2D eigenvalue weighted by molar-refractivity contribution is -0.140. The summed E-state index contributed by atoms with van der Waals surface area (Å²) in [4.78, 5) is 11.1. The number of methoxy groups -OCH3 is 1. The molecule has 1 aliphatic rings. The van der Waals surface area contributed by atoms with Gasteiger partial charge in [-0.2, -0.15) is 0 Å². The first kappa shape index (κ1) is 26.1. The molecule has 1 aliphatic heterocycles. The number of hydrogen-bond donors (Lipinski definition) is 0. The van der Waals surface area contributed by atoms with E-state index in [2.05, 4.69) is 60.2 Å². The Morgan fingerprint density at radius 2 is 1.81 bits per heavy atom. The molecule has 0 aromatic heterocycles. The summed E-state index contributed by atoms with van der Waals surface area (Å²) in [5, 5.41) is 0. The number of epoxide rings is 1. The van der Waals surface area contributed by atoms with Crippen LogP contribution in [0.3, 0.4) is 0 Å². The molecule has 1 aromatic carbocycles. The van der Waals surface area contributed by atoms with Gasteiger partial charge in [-0.3, -0.25) is 4.79 Å². The van der Waals surface area contributed by atoms with Gasteiger partial charge >= 0.3 is 5.97 Å². The summed E-state index contributed by atoms with van der Waals surface area (Å²) >= 11 is 0. The van der Waals surface area contributed by atoms with E-state index in [0.717, 1.165) is 32.1 Å². The predicted octanol–water partition coefficient (Wildman–Crippen LogP) is 6.71. The van der Waals surface area contributed by atoms with Crippen molar-refractivity contribution >= 4 is 5.97 Å². The molecule has 4 heteroatoms. The average molecular weight is 441 g/mol. The Hall–Kier alpha value is -2.17. The third-order valence-corrected chi connectivity index (χ3v) is 5.48. The van der Waals surface area contributed by atoms with Gasteiger partial charge in [0.05, 0.1) is 19.8 Å². The summed E-state index contributed by atoms with van der Waals surface area (Å²) < 4.78 is 16.8. The minimum Gasteiger partial charge on any atom is -0.469 e. The Balaban J connectivity index is 1.76. The highest BCUT2D eigenvalue weighted by atomic mass is 16.6. The second kappa shape index (κ2) is 16.5. The molecule has 4 nitrogen and oxygen atoms in total. The van der Waals surface area contributed by atoms with Crippen molar-refractivity contribution in [1.82, 2.24) is 0 Å². The Morgan fingerprint density at radius 3 is 2.59 bits per heavy atom. The van der Waals surface area contributed by atoms with Crippen molar-refractivity contribution in [2.24, 2.45) is 0 Å². The molecular formula is C28H40O4. The molecule has 3 atom stereocenters. The number of carbonyl (C=O) groups is 1. The van der Waals surface area contributed by atoms with Crippen LogP contribution < -0.4 is 0 Å². The highest BCUT2D eigenvalue weighted by Crippen LogP contribution is 2.31. The van der Waals surface area contributed by atoms with Crippen LogP contribution in [0.25, 0.3) is 0 Å². The van der Waals surface area contributed by atoms with Crippen LogP contribution >= 0.6 is 0 Å². The highest BCUT2D eigenvalue weighted by molar-refractivity contribution is 5.69. The molecule has 1 fully saturated rings. The zero-order chi connectivity index (χ0) is 22.9. The zero-order valence-corrected chi connectivity index (χ0v) is 19.8. The van der Waals surface area contributed by atoms with Crippen LogP contribution in [-0.4, -0.2) is 31.4 Å². The highest BCUT2D eigenvalue weighted by Gasteiger charge is 2.43. The van der Waals surface area contributed by atoms with E-state index in [9.17, 15) is 4.79 Å². The van der Waals surface area contributed by atoms with Crippen molar-refractivity contribution in [2.45, 2.75) is 89.6 Å². The molecule has 0 radical (unpaired) electrons. The maximum atomic E-state index is 11.1. The summed E-state index contributed by atoms with van der Waals surface area (Å²) in [7, 11) is 1.43. The molecule has 1 heterocycles. The molecule has 2 rings (SSSR count). The van der Waals surface area contributed by atoms with Gasteiger partial charge in [0, 0.05) is 6.42 Å². The van der Waals surface area contributed by atoms with Crippen molar-refractivity contribution in [1.29, 1.82) is 0 Å². The number of hydrogen-bond acceptors (Lipinski definition) is 4. The number of esters is 1. The summed E-state index contributed by atoms with van der Waals surface area (Å²) in [6.45, 7) is 2.81. The zero-order valence-electron chi connectivity index (χ0n) is 19.8. The van der Waals surface area contributed by atoms with E-state index in [-0.39, 0.29) is 24.3 Å². The Bertz CT molecular complexity index is 707. The normalized spacial score (nSPS) is 19.2. The molecule has 0 N–H and O–H groups in total. The van der Waals surface area contributed by atoms with Gasteiger partial charge in [0.2, 0.25) is 0 Å². The summed E-state index contributed by atoms with van der Waals surface area (Å²) in [6, 6.07) is 10.3. The van der Waals surface area contributed by atoms with Gasteiger partial charge in [-0.05, 0) is 44.1 Å². The van der Waals surface area contributed by atoms with Gasteiger partial charge in [-0.1, -0.05) is 86.6 Å². The largest absolute Gasteiger partial charge is 0.469 e. The summed E-state index contributed by atoms with van der Waals surface area (Å²) in [5.41, 5.74) is 1.17. The third kappa shape index (κ3) is 11.4. The lowest BCUT2D eigenvalue weighted by atomic mass is 10.1. The number of benzene rings is 1. The first-order chi connectivity index (χ1) is 15.7. The molecule has 1 aromatic rings. The van der Waals surface area contributed by atoms with E-state index in [1.54, 1.807) is 0 Å². The van der Waals surface area contributed by atoms with Crippen LogP contribution in [0.2, 0.25) is 0 Å². The number of unbranched alkanes of at least 4 members (excludes halogenated alkanes) is 4. The first-order valence-electron chi connectivity index (χ1n) is 12.1. The van der Waals surface area contributed by atoms with Gasteiger partial charge < -0.3 is 14.2 Å². The molecule has 32 heavy (non-hydrogen) atoms. The molecule has 0 bridgehead atoms. The van der Waals surface area contributed by atoms with Gasteiger partial charge in [0.25, 0.3) is 0 Å². The smallest absolute Gasteiger partial charge is 0.305 e. The SMILES string of the molecule is CCCCC/C=C\C[C@H]1O[C@H]1[C@H](/C=C\C/C=C\CCCC(=O)OC)OCc1ccccc1. The van der Waals surface area contributed by atoms with Crippen LogP contribution in [0.15, 0.2) is 66.8 Å². The van der Waals surface area contributed by atoms with Crippen molar-refractivity contribution in [3.63, 3.8) is 0 Å². The standard InChI is InChI=1S/C28H40O4/c1-3-4-5-6-9-16-21-26-28(32-26)25(31-23-24-18-13-12-14-19-24)20-15-10-7-8-11-17-22-27(29)30-2/h7-9,12-16,18-20,25-26,28H,3-6,10-11,17,21-23H2,1-2H3/b8-7-,16-9-,20-15-/t25-,26+,28-/m0/s1. The Morgan fingerprint density at radius 1 is 1.03 bits per heavy atom. The maximum absolute atomic E-state index is 11.1. The number of ether oxygens (including phenoxy) is 3.